The van der Waals surface area contributed by atoms with Crippen LogP contribution in [0.1, 0.15) is 36.8 Å². The van der Waals surface area contributed by atoms with Gasteiger partial charge in [0.25, 0.3) is 0 Å². The second kappa shape index (κ2) is 8.30. The van der Waals surface area contributed by atoms with E-state index < -0.39 is 0 Å². The molecule has 0 bridgehead atoms. The van der Waals surface area contributed by atoms with E-state index in [-0.39, 0.29) is 24.2 Å². The third-order valence-corrected chi connectivity index (χ3v) is 5.40. The second-order valence-electron chi connectivity index (χ2n) is 7.28. The fourth-order valence-electron chi connectivity index (χ4n) is 3.85. The molecule has 5 nitrogen and oxygen atoms in total. The maximum atomic E-state index is 12.6. The minimum absolute atomic E-state index is 0.0612. The molecule has 2 aliphatic heterocycles. The van der Waals surface area contributed by atoms with Crippen molar-refractivity contribution in [2.75, 3.05) is 32.9 Å². The predicted molar refractivity (Wildman–Crippen MR) is 95.4 cm³/mol. The van der Waals surface area contributed by atoms with Gasteiger partial charge in [0, 0.05) is 26.1 Å². The van der Waals surface area contributed by atoms with Gasteiger partial charge in [-0.25, -0.2) is 0 Å². The van der Waals surface area contributed by atoms with E-state index in [9.17, 15) is 4.79 Å². The standard InChI is InChI=1S/C20H29NO4/c1-16-2-4-17(5-3-16)14-19(23)21-9-7-20(8-10-21)15-18(6-12-25-20)24-13-11-22/h2-5,18,22H,6-15H2,1H3. The number of piperidine rings is 1. The van der Waals surface area contributed by atoms with Gasteiger partial charge in [-0.1, -0.05) is 29.8 Å². The lowest BCUT2D eigenvalue weighted by Crippen LogP contribution is -2.52. The van der Waals surface area contributed by atoms with Crippen LogP contribution in [0, 0.1) is 6.92 Å². The Morgan fingerprint density at radius 3 is 2.72 bits per heavy atom. The minimum Gasteiger partial charge on any atom is -0.394 e. The van der Waals surface area contributed by atoms with Crippen LogP contribution in [-0.4, -0.2) is 60.5 Å². The number of carbonyl (C=O) groups excluding carboxylic acids is 1. The maximum absolute atomic E-state index is 12.6. The number of aliphatic hydroxyl groups is 1. The summed E-state index contributed by atoms with van der Waals surface area (Å²) in [5.41, 5.74) is 2.13. The largest absolute Gasteiger partial charge is 0.394 e. The molecule has 2 aliphatic rings. The molecule has 0 saturated carbocycles. The minimum atomic E-state index is -0.154. The van der Waals surface area contributed by atoms with Crippen LogP contribution in [-0.2, 0) is 20.7 Å². The molecule has 1 unspecified atom stereocenters. The molecule has 1 amide bonds. The van der Waals surface area contributed by atoms with Crippen molar-refractivity contribution in [1.82, 2.24) is 4.90 Å². The van der Waals surface area contributed by atoms with Gasteiger partial charge >= 0.3 is 0 Å². The van der Waals surface area contributed by atoms with E-state index in [0.717, 1.165) is 44.3 Å². The van der Waals surface area contributed by atoms with Crippen LogP contribution in [0.2, 0.25) is 0 Å². The molecule has 2 fully saturated rings. The molecule has 1 aromatic carbocycles. The summed E-state index contributed by atoms with van der Waals surface area (Å²) in [5.74, 6) is 0.197. The van der Waals surface area contributed by atoms with E-state index in [1.165, 1.54) is 5.56 Å². The Kier molecular flexibility index (Phi) is 6.10. The molecule has 1 N–H and O–H groups in total. The second-order valence-corrected chi connectivity index (χ2v) is 7.28. The molecule has 1 atom stereocenters. The van der Waals surface area contributed by atoms with Gasteiger partial charge in [-0.15, -0.1) is 0 Å². The molecular formula is C20H29NO4. The Labute approximate surface area is 149 Å². The normalized spacial score (nSPS) is 23.0. The highest BCUT2D eigenvalue weighted by molar-refractivity contribution is 5.78. The summed E-state index contributed by atoms with van der Waals surface area (Å²) < 4.78 is 11.8. The first-order chi connectivity index (χ1) is 12.1. The molecule has 0 aromatic heterocycles. The average Bonchev–Trinajstić information content (AvgIpc) is 2.62. The zero-order chi connectivity index (χ0) is 17.7. The highest BCUT2D eigenvalue weighted by atomic mass is 16.5. The van der Waals surface area contributed by atoms with Crippen molar-refractivity contribution in [3.05, 3.63) is 35.4 Å². The van der Waals surface area contributed by atoms with Crippen molar-refractivity contribution in [3.8, 4) is 0 Å². The summed E-state index contributed by atoms with van der Waals surface area (Å²) in [6.45, 7) is 4.70. The van der Waals surface area contributed by atoms with Crippen LogP contribution in [0.15, 0.2) is 24.3 Å². The molecule has 25 heavy (non-hydrogen) atoms. The van der Waals surface area contributed by atoms with E-state index in [0.29, 0.717) is 19.6 Å². The Morgan fingerprint density at radius 1 is 1.32 bits per heavy atom. The fraction of sp³-hybridized carbons (Fsp3) is 0.650. The van der Waals surface area contributed by atoms with Gasteiger partial charge in [-0.05, 0) is 31.7 Å². The van der Waals surface area contributed by atoms with Crippen LogP contribution < -0.4 is 0 Å². The SMILES string of the molecule is Cc1ccc(CC(=O)N2CCC3(CC2)CC(OCCO)CCO3)cc1. The van der Waals surface area contributed by atoms with Gasteiger partial charge in [0.05, 0.1) is 31.3 Å². The fourth-order valence-corrected chi connectivity index (χ4v) is 3.85. The van der Waals surface area contributed by atoms with E-state index in [4.69, 9.17) is 14.6 Å². The summed E-state index contributed by atoms with van der Waals surface area (Å²) in [7, 11) is 0. The van der Waals surface area contributed by atoms with Gasteiger partial charge in [0.2, 0.25) is 5.91 Å². The first-order valence-electron chi connectivity index (χ1n) is 9.30. The van der Waals surface area contributed by atoms with Crippen molar-refractivity contribution < 1.29 is 19.4 Å². The van der Waals surface area contributed by atoms with Gasteiger partial charge in [-0.2, -0.15) is 0 Å². The van der Waals surface area contributed by atoms with Crippen LogP contribution in [0.4, 0.5) is 0 Å². The lowest BCUT2D eigenvalue weighted by molar-refractivity contribution is -0.162. The van der Waals surface area contributed by atoms with Crippen LogP contribution in [0.25, 0.3) is 0 Å². The number of nitrogens with zero attached hydrogens (tertiary/aromatic N) is 1. The number of hydrogen-bond donors (Lipinski definition) is 1. The zero-order valence-corrected chi connectivity index (χ0v) is 15.1. The molecule has 2 heterocycles. The zero-order valence-electron chi connectivity index (χ0n) is 15.1. The molecule has 2 saturated heterocycles. The topological polar surface area (TPSA) is 59.0 Å². The summed E-state index contributed by atoms with van der Waals surface area (Å²) in [5, 5.41) is 8.93. The summed E-state index contributed by atoms with van der Waals surface area (Å²) in [6, 6.07) is 8.17. The Balaban J connectivity index is 1.50. The van der Waals surface area contributed by atoms with Crippen molar-refractivity contribution in [2.45, 2.75) is 50.7 Å². The number of ether oxygens (including phenoxy) is 2. The van der Waals surface area contributed by atoms with E-state index in [1.54, 1.807) is 0 Å². The number of benzene rings is 1. The lowest BCUT2D eigenvalue weighted by Gasteiger charge is -2.46. The van der Waals surface area contributed by atoms with Gasteiger partial charge in [0.1, 0.15) is 0 Å². The quantitative estimate of drug-likeness (QED) is 0.886. The third kappa shape index (κ3) is 4.81. The summed E-state index contributed by atoms with van der Waals surface area (Å²) >= 11 is 0. The molecule has 1 aromatic rings. The lowest BCUT2D eigenvalue weighted by atomic mass is 9.83. The van der Waals surface area contributed by atoms with E-state index in [2.05, 4.69) is 19.1 Å². The highest BCUT2D eigenvalue weighted by Crippen LogP contribution is 2.36. The molecule has 138 valence electrons. The van der Waals surface area contributed by atoms with Crippen LogP contribution in [0.3, 0.4) is 0 Å². The third-order valence-electron chi connectivity index (χ3n) is 5.40. The van der Waals surface area contributed by atoms with Crippen LogP contribution in [0.5, 0.6) is 0 Å². The Hall–Kier alpha value is -1.43. The first kappa shape index (κ1) is 18.4. The van der Waals surface area contributed by atoms with Crippen LogP contribution >= 0.6 is 0 Å². The molecule has 0 aliphatic carbocycles. The molecule has 3 rings (SSSR count). The smallest absolute Gasteiger partial charge is 0.226 e. The van der Waals surface area contributed by atoms with Crippen molar-refractivity contribution in [3.63, 3.8) is 0 Å². The van der Waals surface area contributed by atoms with Crippen molar-refractivity contribution >= 4 is 5.91 Å². The average molecular weight is 347 g/mol. The molecule has 0 radical (unpaired) electrons. The number of amides is 1. The number of carbonyl (C=O) groups is 1. The maximum Gasteiger partial charge on any atom is 0.226 e. The van der Waals surface area contributed by atoms with Crippen molar-refractivity contribution in [1.29, 1.82) is 0 Å². The Morgan fingerprint density at radius 2 is 2.04 bits per heavy atom. The highest BCUT2D eigenvalue weighted by Gasteiger charge is 2.41. The molecular weight excluding hydrogens is 318 g/mol. The summed E-state index contributed by atoms with van der Waals surface area (Å²) in [4.78, 5) is 14.5. The number of aryl methyl sites for hydroxylation is 1. The summed E-state index contributed by atoms with van der Waals surface area (Å²) in [6.07, 6.45) is 4.12. The van der Waals surface area contributed by atoms with E-state index >= 15 is 0 Å². The first-order valence-corrected chi connectivity index (χ1v) is 9.30. The van der Waals surface area contributed by atoms with Crippen molar-refractivity contribution in [2.24, 2.45) is 0 Å². The molecule has 5 heteroatoms. The predicted octanol–water partition coefficient (Wildman–Crippen LogP) is 2.09. The number of hydrogen-bond acceptors (Lipinski definition) is 4. The monoisotopic (exact) mass is 347 g/mol. The van der Waals surface area contributed by atoms with Gasteiger partial charge in [-0.3, -0.25) is 4.79 Å². The number of aliphatic hydroxyl groups excluding tert-OH is 1. The number of rotatable bonds is 5. The van der Waals surface area contributed by atoms with Gasteiger partial charge in [0.15, 0.2) is 0 Å². The number of likely N-dealkylation sites (tertiary alicyclic amines) is 1. The molecule has 1 spiro atoms. The Bertz CT molecular complexity index is 564. The van der Waals surface area contributed by atoms with E-state index in [1.807, 2.05) is 17.0 Å². The van der Waals surface area contributed by atoms with Gasteiger partial charge < -0.3 is 19.5 Å².